The van der Waals surface area contributed by atoms with Crippen LogP contribution in [0, 0.1) is 15.5 Å². The number of nitro groups is 1. The Hall–Kier alpha value is -2.48. The van der Waals surface area contributed by atoms with E-state index in [0.717, 1.165) is 27.8 Å². The number of benzene rings is 1. The highest BCUT2D eigenvalue weighted by molar-refractivity contribution is 7.17. The second kappa shape index (κ2) is 5.52. The third kappa shape index (κ3) is 2.76. The van der Waals surface area contributed by atoms with Gasteiger partial charge >= 0.3 is 0 Å². The monoisotopic (exact) mass is 359 g/mol. The van der Waals surface area contributed by atoms with Crippen molar-refractivity contribution in [1.82, 2.24) is 4.98 Å². The molecule has 25 heavy (non-hydrogen) atoms. The minimum Gasteiger partial charge on any atom is -0.489 e. The molecule has 0 saturated carbocycles. The minimum absolute atomic E-state index is 0.00374. The van der Waals surface area contributed by atoms with Gasteiger partial charge in [0.05, 0.1) is 33.8 Å². The Morgan fingerprint density at radius 3 is 2.92 bits per heavy atom. The molecule has 2 aromatic rings. The summed E-state index contributed by atoms with van der Waals surface area (Å²) in [5.41, 5.74) is 1.53. The number of hydrogen-bond donors (Lipinski definition) is 0. The Balaban J connectivity index is 1.73. The summed E-state index contributed by atoms with van der Waals surface area (Å²) in [4.78, 5) is 30.4. The maximum atomic E-state index is 12.4. The van der Waals surface area contributed by atoms with E-state index >= 15 is 0 Å². The number of carbonyl (C=O) groups excluding carboxylic acids is 1. The lowest BCUT2D eigenvalue weighted by molar-refractivity contribution is -0.384. The van der Waals surface area contributed by atoms with E-state index in [0.29, 0.717) is 25.3 Å². The number of ether oxygens (including phenoxy) is 1. The zero-order valence-electron chi connectivity index (χ0n) is 13.9. The molecular formula is C17H17N3O4S. The van der Waals surface area contributed by atoms with Crippen molar-refractivity contribution in [2.24, 2.45) is 5.41 Å². The lowest BCUT2D eigenvalue weighted by atomic mass is 9.78. The SMILES string of the molecule is CC1(C)CC(=O)c2sc(N3CCOc4cc([N+](=O)[O-])ccc43)nc2C1. The van der Waals surface area contributed by atoms with Crippen LogP contribution in [0.3, 0.4) is 0 Å². The lowest BCUT2D eigenvalue weighted by Crippen LogP contribution is -2.28. The van der Waals surface area contributed by atoms with E-state index in [-0.39, 0.29) is 16.9 Å². The van der Waals surface area contributed by atoms with Crippen LogP contribution in [0.2, 0.25) is 0 Å². The first-order chi connectivity index (χ1) is 11.8. The molecule has 0 atom stereocenters. The molecule has 7 nitrogen and oxygen atoms in total. The van der Waals surface area contributed by atoms with Crippen LogP contribution in [0.1, 0.15) is 35.6 Å². The zero-order valence-corrected chi connectivity index (χ0v) is 14.8. The summed E-state index contributed by atoms with van der Waals surface area (Å²) in [6, 6.07) is 4.57. The van der Waals surface area contributed by atoms with Gasteiger partial charge in [-0.2, -0.15) is 0 Å². The Morgan fingerprint density at radius 1 is 1.36 bits per heavy atom. The molecule has 0 fully saturated rings. The zero-order chi connectivity index (χ0) is 17.8. The predicted octanol–water partition coefficient (Wildman–Crippen LogP) is 3.74. The number of nitro benzene ring substituents is 1. The van der Waals surface area contributed by atoms with Crippen molar-refractivity contribution in [3.63, 3.8) is 0 Å². The third-order valence-corrected chi connectivity index (χ3v) is 5.63. The first kappa shape index (κ1) is 16.0. The van der Waals surface area contributed by atoms with Crippen molar-refractivity contribution in [1.29, 1.82) is 0 Å². The van der Waals surface area contributed by atoms with Gasteiger partial charge < -0.3 is 9.64 Å². The van der Waals surface area contributed by atoms with Crippen LogP contribution in [0.5, 0.6) is 5.75 Å². The summed E-state index contributed by atoms with van der Waals surface area (Å²) >= 11 is 1.40. The van der Waals surface area contributed by atoms with Crippen molar-refractivity contribution in [2.75, 3.05) is 18.1 Å². The molecule has 1 aromatic heterocycles. The molecule has 4 rings (SSSR count). The fraction of sp³-hybridized carbons (Fsp3) is 0.412. The van der Waals surface area contributed by atoms with Gasteiger partial charge in [-0.3, -0.25) is 14.9 Å². The normalized spacial score (nSPS) is 18.3. The van der Waals surface area contributed by atoms with Crippen molar-refractivity contribution in [2.45, 2.75) is 26.7 Å². The number of ketones is 1. The highest BCUT2D eigenvalue weighted by atomic mass is 32.1. The molecule has 1 aliphatic carbocycles. The van der Waals surface area contributed by atoms with Crippen molar-refractivity contribution < 1.29 is 14.5 Å². The van der Waals surface area contributed by atoms with Crippen molar-refractivity contribution in [3.05, 3.63) is 38.9 Å². The fourth-order valence-electron chi connectivity index (χ4n) is 3.34. The number of hydrogen-bond acceptors (Lipinski definition) is 7. The third-order valence-electron chi connectivity index (χ3n) is 4.47. The fourth-order valence-corrected chi connectivity index (χ4v) is 4.40. The van der Waals surface area contributed by atoms with Gasteiger partial charge in [0.2, 0.25) is 0 Å². The molecule has 130 valence electrons. The smallest absolute Gasteiger partial charge is 0.273 e. The lowest BCUT2D eigenvalue weighted by Gasteiger charge is -2.28. The molecule has 0 amide bonds. The van der Waals surface area contributed by atoms with Gasteiger partial charge in [-0.05, 0) is 17.9 Å². The molecule has 0 saturated heterocycles. The van der Waals surface area contributed by atoms with E-state index in [1.165, 1.54) is 23.5 Å². The van der Waals surface area contributed by atoms with Gasteiger partial charge in [-0.15, -0.1) is 0 Å². The van der Waals surface area contributed by atoms with Gasteiger partial charge in [0, 0.05) is 12.5 Å². The number of anilines is 2. The van der Waals surface area contributed by atoms with Crippen LogP contribution < -0.4 is 9.64 Å². The molecule has 0 spiro atoms. The van der Waals surface area contributed by atoms with E-state index in [9.17, 15) is 14.9 Å². The van der Waals surface area contributed by atoms with E-state index in [1.54, 1.807) is 6.07 Å². The standard InChI is InChI=1S/C17H17N3O4S/c1-17(2)8-11-15(13(21)9-17)25-16(18-11)19-5-6-24-14-7-10(20(22)23)3-4-12(14)19/h3-4,7H,5-6,8-9H2,1-2H3. The second-order valence-electron chi connectivity index (χ2n) is 7.12. The maximum absolute atomic E-state index is 12.4. The molecule has 8 heteroatoms. The molecule has 0 N–H and O–H groups in total. The first-order valence-electron chi connectivity index (χ1n) is 8.06. The van der Waals surface area contributed by atoms with Crippen LogP contribution in [-0.2, 0) is 6.42 Å². The van der Waals surface area contributed by atoms with E-state index in [1.807, 2.05) is 4.90 Å². The van der Waals surface area contributed by atoms with Crippen LogP contribution in [0.4, 0.5) is 16.5 Å². The predicted molar refractivity (Wildman–Crippen MR) is 94.1 cm³/mol. The Labute approximate surface area is 148 Å². The van der Waals surface area contributed by atoms with E-state index in [2.05, 4.69) is 13.8 Å². The van der Waals surface area contributed by atoms with Gasteiger partial charge in [-0.25, -0.2) is 4.98 Å². The number of fused-ring (bicyclic) bond motifs is 2. The van der Waals surface area contributed by atoms with E-state index in [4.69, 9.17) is 9.72 Å². The number of aromatic nitrogens is 1. The van der Waals surface area contributed by atoms with Crippen LogP contribution in [0.25, 0.3) is 0 Å². The van der Waals surface area contributed by atoms with Crippen LogP contribution >= 0.6 is 11.3 Å². The van der Waals surface area contributed by atoms with Gasteiger partial charge in [0.15, 0.2) is 10.9 Å². The topological polar surface area (TPSA) is 85.6 Å². The molecule has 0 bridgehead atoms. The maximum Gasteiger partial charge on any atom is 0.273 e. The summed E-state index contributed by atoms with van der Waals surface area (Å²) in [7, 11) is 0. The van der Waals surface area contributed by atoms with Crippen molar-refractivity contribution >= 4 is 33.6 Å². The average molecular weight is 359 g/mol. The molecule has 2 heterocycles. The Morgan fingerprint density at radius 2 is 2.16 bits per heavy atom. The largest absolute Gasteiger partial charge is 0.489 e. The molecule has 1 aromatic carbocycles. The summed E-state index contributed by atoms with van der Waals surface area (Å²) in [5, 5.41) is 11.7. The molecular weight excluding hydrogens is 342 g/mol. The summed E-state index contributed by atoms with van der Waals surface area (Å²) in [6.07, 6.45) is 1.32. The molecule has 1 aliphatic heterocycles. The van der Waals surface area contributed by atoms with E-state index < -0.39 is 4.92 Å². The quantitative estimate of drug-likeness (QED) is 0.600. The van der Waals surface area contributed by atoms with Crippen LogP contribution in [0.15, 0.2) is 18.2 Å². The number of carbonyl (C=O) groups is 1. The number of nitrogens with zero attached hydrogens (tertiary/aromatic N) is 3. The number of thiazole rings is 1. The highest BCUT2D eigenvalue weighted by Gasteiger charge is 2.35. The minimum atomic E-state index is -0.439. The summed E-state index contributed by atoms with van der Waals surface area (Å²) < 4.78 is 5.59. The Kier molecular flexibility index (Phi) is 3.54. The first-order valence-corrected chi connectivity index (χ1v) is 8.87. The molecule has 0 radical (unpaired) electrons. The molecule has 2 aliphatic rings. The highest BCUT2D eigenvalue weighted by Crippen LogP contribution is 2.44. The summed E-state index contributed by atoms with van der Waals surface area (Å²) in [5.74, 6) is 0.618. The summed E-state index contributed by atoms with van der Waals surface area (Å²) in [6.45, 7) is 5.17. The average Bonchev–Trinajstić information content (AvgIpc) is 2.96. The van der Waals surface area contributed by atoms with Gasteiger partial charge in [0.25, 0.3) is 5.69 Å². The van der Waals surface area contributed by atoms with Crippen molar-refractivity contribution in [3.8, 4) is 5.75 Å². The van der Waals surface area contributed by atoms with Gasteiger partial charge in [0.1, 0.15) is 12.4 Å². The van der Waals surface area contributed by atoms with Crippen LogP contribution in [-0.4, -0.2) is 28.8 Å². The molecule has 0 unspecified atom stereocenters. The number of Topliss-reactive ketones (excluding diaryl/α,β-unsaturated/α-hetero) is 1. The Bertz CT molecular complexity index is 890. The number of rotatable bonds is 2. The number of non-ortho nitro benzene ring substituents is 1. The van der Waals surface area contributed by atoms with Gasteiger partial charge in [-0.1, -0.05) is 25.2 Å². The second-order valence-corrected chi connectivity index (χ2v) is 8.10.